The van der Waals surface area contributed by atoms with Crippen molar-refractivity contribution in [2.45, 2.75) is 91.8 Å². The van der Waals surface area contributed by atoms with Gasteiger partial charge in [-0.3, -0.25) is 9.59 Å². The maximum atomic E-state index is 13.5. The number of carbonyl (C=O) groups excluding carboxylic acids is 2. The van der Waals surface area contributed by atoms with Gasteiger partial charge < -0.3 is 23.7 Å². The van der Waals surface area contributed by atoms with Crippen molar-refractivity contribution in [2.24, 2.45) is 0 Å². The quantitative estimate of drug-likeness (QED) is 0.315. The van der Waals surface area contributed by atoms with E-state index in [1.54, 1.807) is 9.80 Å². The molecule has 2 aromatic rings. The zero-order chi connectivity index (χ0) is 25.2. The molecule has 1 aliphatic rings. The number of hydrogen-bond acceptors (Lipinski definition) is 5. The Labute approximate surface area is 209 Å². The third-order valence-electron chi connectivity index (χ3n) is 6.30. The monoisotopic (exact) mass is 484 g/mol. The molecular formula is C28H40N2O5. The molecule has 192 valence electrons. The Morgan fingerprint density at radius 1 is 0.914 bits per heavy atom. The Morgan fingerprint density at radius 2 is 1.66 bits per heavy atom. The van der Waals surface area contributed by atoms with Gasteiger partial charge in [-0.05, 0) is 57.0 Å². The number of hydrogen-bond donors (Lipinski definition) is 0. The first-order chi connectivity index (χ1) is 16.9. The maximum Gasteiger partial charge on any atom is 0.242 e. The van der Waals surface area contributed by atoms with Crippen molar-refractivity contribution in [3.8, 4) is 11.5 Å². The second-order valence-electron chi connectivity index (χ2n) is 9.58. The summed E-state index contributed by atoms with van der Waals surface area (Å²) >= 11 is 0. The zero-order valence-electron chi connectivity index (χ0n) is 21.7. The van der Waals surface area contributed by atoms with E-state index < -0.39 is 0 Å². The standard InChI is InChI=1S/C28H40N2O5/c1-5-6-7-8-9-10-11-27(31)30(21(2)3)19-28(32)29(18-24-14-12-22(4)35-24)17-23-13-15-25-26(16-23)34-20-33-25/h12-16,21H,5-11,17-20H2,1-4H3. The number of carbonyl (C=O) groups is 2. The number of unbranched alkanes of at least 4 members (excludes halogenated alkanes) is 5. The van der Waals surface area contributed by atoms with E-state index in [1.807, 2.05) is 51.1 Å². The molecule has 0 spiro atoms. The van der Waals surface area contributed by atoms with E-state index in [9.17, 15) is 9.59 Å². The van der Waals surface area contributed by atoms with E-state index in [1.165, 1.54) is 19.3 Å². The lowest BCUT2D eigenvalue weighted by molar-refractivity contribution is -0.143. The SMILES string of the molecule is CCCCCCCCC(=O)N(CC(=O)N(Cc1ccc2c(c1)OCO2)Cc1ccc(C)o1)C(C)C. The molecule has 0 saturated carbocycles. The van der Waals surface area contributed by atoms with E-state index in [4.69, 9.17) is 13.9 Å². The summed E-state index contributed by atoms with van der Waals surface area (Å²) < 4.78 is 16.7. The average molecular weight is 485 g/mol. The third kappa shape index (κ3) is 8.05. The first-order valence-electron chi connectivity index (χ1n) is 12.9. The fraction of sp³-hybridized carbons (Fsp3) is 0.571. The van der Waals surface area contributed by atoms with Crippen LogP contribution in [0.3, 0.4) is 0 Å². The molecule has 1 aromatic carbocycles. The van der Waals surface area contributed by atoms with Gasteiger partial charge in [0.2, 0.25) is 18.6 Å². The Balaban J connectivity index is 1.65. The average Bonchev–Trinajstić information content (AvgIpc) is 3.46. The molecule has 0 radical (unpaired) electrons. The Kier molecular flexibility index (Phi) is 10.1. The molecule has 0 fully saturated rings. The molecule has 0 unspecified atom stereocenters. The van der Waals surface area contributed by atoms with Crippen molar-refractivity contribution in [1.29, 1.82) is 0 Å². The summed E-state index contributed by atoms with van der Waals surface area (Å²) in [6.07, 6.45) is 7.24. The first kappa shape index (κ1) is 26.6. The molecule has 0 aliphatic carbocycles. The van der Waals surface area contributed by atoms with Gasteiger partial charge in [0.05, 0.1) is 13.1 Å². The van der Waals surface area contributed by atoms with Gasteiger partial charge in [0.15, 0.2) is 11.5 Å². The highest BCUT2D eigenvalue weighted by Crippen LogP contribution is 2.33. The van der Waals surface area contributed by atoms with Crippen LogP contribution in [0, 0.1) is 6.92 Å². The van der Waals surface area contributed by atoms with Crippen molar-refractivity contribution >= 4 is 11.8 Å². The van der Waals surface area contributed by atoms with Gasteiger partial charge in [0.25, 0.3) is 0 Å². The van der Waals surface area contributed by atoms with E-state index in [2.05, 4.69) is 6.92 Å². The Bertz CT molecular complexity index is 968. The minimum Gasteiger partial charge on any atom is -0.464 e. The number of rotatable bonds is 14. The van der Waals surface area contributed by atoms with Gasteiger partial charge in [0.1, 0.15) is 11.5 Å². The lowest BCUT2D eigenvalue weighted by Crippen LogP contribution is -2.45. The van der Waals surface area contributed by atoms with Crippen molar-refractivity contribution in [3.05, 3.63) is 47.4 Å². The predicted octanol–water partition coefficient (Wildman–Crippen LogP) is 5.83. The molecule has 7 heteroatoms. The topological polar surface area (TPSA) is 72.2 Å². The summed E-state index contributed by atoms with van der Waals surface area (Å²) in [4.78, 5) is 29.9. The van der Waals surface area contributed by atoms with Crippen LogP contribution in [0.5, 0.6) is 11.5 Å². The lowest BCUT2D eigenvalue weighted by Gasteiger charge is -2.30. The molecule has 0 N–H and O–H groups in total. The first-order valence-corrected chi connectivity index (χ1v) is 12.9. The van der Waals surface area contributed by atoms with Crippen LogP contribution in [0.25, 0.3) is 0 Å². The predicted molar refractivity (Wildman–Crippen MR) is 135 cm³/mol. The van der Waals surface area contributed by atoms with Crippen LogP contribution in [0.1, 0.15) is 82.8 Å². The van der Waals surface area contributed by atoms with E-state index >= 15 is 0 Å². The van der Waals surface area contributed by atoms with Gasteiger partial charge in [-0.25, -0.2) is 0 Å². The van der Waals surface area contributed by atoms with Gasteiger partial charge >= 0.3 is 0 Å². The second kappa shape index (κ2) is 13.2. The maximum absolute atomic E-state index is 13.5. The van der Waals surface area contributed by atoms with Gasteiger partial charge in [-0.2, -0.15) is 0 Å². The molecule has 3 rings (SSSR count). The molecule has 1 aromatic heterocycles. The molecule has 0 bridgehead atoms. The van der Waals surface area contributed by atoms with Gasteiger partial charge in [0, 0.05) is 19.0 Å². The van der Waals surface area contributed by atoms with Crippen LogP contribution < -0.4 is 9.47 Å². The second-order valence-corrected chi connectivity index (χ2v) is 9.58. The number of amides is 2. The van der Waals surface area contributed by atoms with Crippen LogP contribution in [-0.4, -0.2) is 41.0 Å². The van der Waals surface area contributed by atoms with Crippen LogP contribution in [0.4, 0.5) is 0 Å². The highest BCUT2D eigenvalue weighted by atomic mass is 16.7. The highest BCUT2D eigenvalue weighted by Gasteiger charge is 2.25. The van der Waals surface area contributed by atoms with Crippen LogP contribution in [-0.2, 0) is 22.7 Å². The third-order valence-corrected chi connectivity index (χ3v) is 6.30. The van der Waals surface area contributed by atoms with Crippen LogP contribution >= 0.6 is 0 Å². The van der Waals surface area contributed by atoms with E-state index in [0.29, 0.717) is 36.8 Å². The normalized spacial score (nSPS) is 12.3. The fourth-order valence-corrected chi connectivity index (χ4v) is 4.25. The van der Waals surface area contributed by atoms with Gasteiger partial charge in [-0.15, -0.1) is 0 Å². The summed E-state index contributed by atoms with van der Waals surface area (Å²) in [5.41, 5.74) is 0.931. The van der Waals surface area contributed by atoms with Crippen LogP contribution in [0.2, 0.25) is 0 Å². The fourth-order valence-electron chi connectivity index (χ4n) is 4.25. The summed E-state index contributed by atoms with van der Waals surface area (Å²) in [6.45, 7) is 8.98. The summed E-state index contributed by atoms with van der Waals surface area (Å²) in [5.74, 6) is 2.84. The minimum absolute atomic E-state index is 0.0423. The van der Waals surface area contributed by atoms with Gasteiger partial charge in [-0.1, -0.05) is 45.1 Å². The summed E-state index contributed by atoms with van der Waals surface area (Å²) in [5, 5.41) is 0. The van der Waals surface area contributed by atoms with Crippen molar-refractivity contribution < 1.29 is 23.5 Å². The molecule has 35 heavy (non-hydrogen) atoms. The molecule has 0 atom stereocenters. The van der Waals surface area contributed by atoms with Crippen molar-refractivity contribution in [1.82, 2.24) is 9.80 Å². The summed E-state index contributed by atoms with van der Waals surface area (Å²) in [6, 6.07) is 9.43. The molecule has 7 nitrogen and oxygen atoms in total. The summed E-state index contributed by atoms with van der Waals surface area (Å²) in [7, 11) is 0. The van der Waals surface area contributed by atoms with E-state index in [0.717, 1.165) is 30.6 Å². The molecular weight excluding hydrogens is 444 g/mol. The van der Waals surface area contributed by atoms with Crippen molar-refractivity contribution in [2.75, 3.05) is 13.3 Å². The number of nitrogens with zero attached hydrogens (tertiary/aromatic N) is 2. The lowest BCUT2D eigenvalue weighted by atomic mass is 10.1. The van der Waals surface area contributed by atoms with Crippen LogP contribution in [0.15, 0.2) is 34.7 Å². The van der Waals surface area contributed by atoms with E-state index in [-0.39, 0.29) is 31.2 Å². The number of benzene rings is 1. The zero-order valence-corrected chi connectivity index (χ0v) is 21.7. The smallest absolute Gasteiger partial charge is 0.242 e. The molecule has 2 amide bonds. The molecule has 0 saturated heterocycles. The minimum atomic E-state index is -0.110. The largest absolute Gasteiger partial charge is 0.464 e. The number of ether oxygens (including phenoxy) is 2. The number of aryl methyl sites for hydroxylation is 1. The number of furan rings is 1. The Hall–Kier alpha value is -2.96. The van der Waals surface area contributed by atoms with Crippen molar-refractivity contribution in [3.63, 3.8) is 0 Å². The highest BCUT2D eigenvalue weighted by molar-refractivity contribution is 5.85. The molecule has 1 aliphatic heterocycles. The Morgan fingerprint density at radius 3 is 2.37 bits per heavy atom. The molecule has 2 heterocycles. The number of fused-ring (bicyclic) bond motifs is 1.